The number of aryl methyl sites for hydroxylation is 1. The Hall–Kier alpha value is -2.01. The minimum Gasteiger partial charge on any atom is -0.309 e. The van der Waals surface area contributed by atoms with Gasteiger partial charge in [0.1, 0.15) is 12.1 Å². The fourth-order valence-electron chi connectivity index (χ4n) is 2.98. The number of carbonyl (C=O) groups excluding carboxylic acids is 1. The number of aldehydes is 1. The zero-order valence-electron chi connectivity index (χ0n) is 12.1. The Bertz CT molecular complexity index is 723. The molecular formula is C16H19N3O2. The summed E-state index contributed by atoms with van der Waals surface area (Å²) in [5.74, 6) is 0.779. The number of piperidine rings is 1. The van der Waals surface area contributed by atoms with Crippen molar-refractivity contribution < 1.29 is 4.79 Å². The number of nitrogens with one attached hydrogen (secondary N) is 1. The number of aromatic amines is 1. The van der Waals surface area contributed by atoms with Gasteiger partial charge in [-0.05, 0) is 37.9 Å². The lowest BCUT2D eigenvalue weighted by Gasteiger charge is -2.29. The van der Waals surface area contributed by atoms with Gasteiger partial charge in [0.2, 0.25) is 0 Å². The third-order valence-electron chi connectivity index (χ3n) is 4.09. The SMILES string of the molecule is Cc1cccc2c(=O)[nH]c(CN3CCCC(C=O)C3)nc12. The number of hydrogen-bond donors (Lipinski definition) is 1. The Morgan fingerprint density at radius 1 is 1.48 bits per heavy atom. The maximum absolute atomic E-state index is 12.1. The van der Waals surface area contributed by atoms with Crippen LogP contribution in [0.3, 0.4) is 0 Å². The zero-order chi connectivity index (χ0) is 14.8. The summed E-state index contributed by atoms with van der Waals surface area (Å²) >= 11 is 0. The van der Waals surface area contributed by atoms with E-state index >= 15 is 0 Å². The van der Waals surface area contributed by atoms with Crippen molar-refractivity contribution in [2.24, 2.45) is 5.92 Å². The number of H-pyrrole nitrogens is 1. The Balaban J connectivity index is 1.89. The summed E-state index contributed by atoms with van der Waals surface area (Å²) < 4.78 is 0. The maximum atomic E-state index is 12.1. The summed E-state index contributed by atoms with van der Waals surface area (Å²) in [6.45, 7) is 4.24. The molecule has 2 aromatic rings. The molecule has 5 nitrogen and oxygen atoms in total. The molecule has 1 atom stereocenters. The molecular weight excluding hydrogens is 266 g/mol. The van der Waals surface area contributed by atoms with Gasteiger partial charge >= 0.3 is 0 Å². The van der Waals surface area contributed by atoms with Gasteiger partial charge in [0, 0.05) is 12.5 Å². The molecule has 21 heavy (non-hydrogen) atoms. The second-order valence-corrected chi connectivity index (χ2v) is 5.76. The standard InChI is InChI=1S/C16H19N3O2/c1-11-4-2-6-13-15(11)17-14(18-16(13)21)9-19-7-3-5-12(8-19)10-20/h2,4,6,10,12H,3,5,7-9H2,1H3,(H,17,18,21). The van der Waals surface area contributed by atoms with E-state index in [-0.39, 0.29) is 11.5 Å². The van der Waals surface area contributed by atoms with Gasteiger partial charge in [-0.2, -0.15) is 0 Å². The monoisotopic (exact) mass is 285 g/mol. The van der Waals surface area contributed by atoms with E-state index in [1.165, 1.54) is 0 Å². The molecule has 1 aromatic heterocycles. The predicted molar refractivity (Wildman–Crippen MR) is 81.2 cm³/mol. The van der Waals surface area contributed by atoms with Crippen molar-refractivity contribution in [2.75, 3.05) is 13.1 Å². The fourth-order valence-corrected chi connectivity index (χ4v) is 2.98. The summed E-state index contributed by atoms with van der Waals surface area (Å²) in [5.41, 5.74) is 1.67. The van der Waals surface area contributed by atoms with Crippen LogP contribution in [0.25, 0.3) is 10.9 Å². The van der Waals surface area contributed by atoms with Gasteiger partial charge in [-0.25, -0.2) is 4.98 Å². The molecule has 3 rings (SSSR count). The molecule has 1 saturated heterocycles. The largest absolute Gasteiger partial charge is 0.309 e. The first kappa shape index (κ1) is 13.9. The lowest BCUT2D eigenvalue weighted by atomic mass is 10.00. The van der Waals surface area contributed by atoms with Crippen LogP contribution < -0.4 is 5.56 Å². The fraction of sp³-hybridized carbons (Fsp3) is 0.438. The van der Waals surface area contributed by atoms with Gasteiger partial charge in [-0.1, -0.05) is 12.1 Å². The smallest absolute Gasteiger partial charge is 0.258 e. The highest BCUT2D eigenvalue weighted by molar-refractivity contribution is 5.80. The molecule has 0 amide bonds. The van der Waals surface area contributed by atoms with Crippen molar-refractivity contribution in [1.29, 1.82) is 0 Å². The molecule has 0 aliphatic carbocycles. The second-order valence-electron chi connectivity index (χ2n) is 5.76. The number of benzene rings is 1. The molecule has 1 unspecified atom stereocenters. The van der Waals surface area contributed by atoms with E-state index in [0.717, 1.165) is 43.3 Å². The maximum Gasteiger partial charge on any atom is 0.258 e. The van der Waals surface area contributed by atoms with E-state index in [9.17, 15) is 9.59 Å². The molecule has 1 aliphatic heterocycles. The van der Waals surface area contributed by atoms with E-state index in [0.29, 0.717) is 17.8 Å². The highest BCUT2D eigenvalue weighted by Crippen LogP contribution is 2.17. The number of para-hydroxylation sites is 1. The summed E-state index contributed by atoms with van der Waals surface area (Å²) in [7, 11) is 0. The van der Waals surface area contributed by atoms with Crippen LogP contribution in [0.1, 0.15) is 24.2 Å². The van der Waals surface area contributed by atoms with Gasteiger partial charge in [-0.15, -0.1) is 0 Å². The van der Waals surface area contributed by atoms with Crippen LogP contribution in [-0.2, 0) is 11.3 Å². The quantitative estimate of drug-likeness (QED) is 0.871. The zero-order valence-corrected chi connectivity index (χ0v) is 12.1. The topological polar surface area (TPSA) is 66.1 Å². The van der Waals surface area contributed by atoms with Crippen molar-refractivity contribution >= 4 is 17.2 Å². The summed E-state index contributed by atoms with van der Waals surface area (Å²) in [4.78, 5) is 32.7. The van der Waals surface area contributed by atoms with Gasteiger partial charge < -0.3 is 9.78 Å². The first-order chi connectivity index (χ1) is 10.2. The molecule has 1 fully saturated rings. The number of aromatic nitrogens is 2. The van der Waals surface area contributed by atoms with Crippen LogP contribution >= 0.6 is 0 Å². The molecule has 0 spiro atoms. The third kappa shape index (κ3) is 2.88. The normalized spacial score (nSPS) is 19.8. The number of nitrogens with zero attached hydrogens (tertiary/aromatic N) is 2. The van der Waals surface area contributed by atoms with Crippen LogP contribution in [0.5, 0.6) is 0 Å². The van der Waals surface area contributed by atoms with Crippen molar-refractivity contribution in [3.8, 4) is 0 Å². The molecule has 2 heterocycles. The van der Waals surface area contributed by atoms with Crippen LogP contribution in [0.15, 0.2) is 23.0 Å². The van der Waals surface area contributed by atoms with Gasteiger partial charge in [0.15, 0.2) is 0 Å². The van der Waals surface area contributed by atoms with Crippen molar-refractivity contribution in [3.63, 3.8) is 0 Å². The van der Waals surface area contributed by atoms with Gasteiger partial charge in [0.25, 0.3) is 5.56 Å². The molecule has 0 bridgehead atoms. The lowest BCUT2D eigenvalue weighted by Crippen LogP contribution is -2.36. The predicted octanol–water partition coefficient (Wildman–Crippen LogP) is 1.64. The Labute approximate surface area is 123 Å². The molecule has 5 heteroatoms. The van der Waals surface area contributed by atoms with E-state index in [4.69, 9.17) is 0 Å². The third-order valence-corrected chi connectivity index (χ3v) is 4.09. The highest BCUT2D eigenvalue weighted by atomic mass is 16.1. The van der Waals surface area contributed by atoms with Gasteiger partial charge in [0.05, 0.1) is 17.4 Å². The molecule has 1 aliphatic rings. The number of likely N-dealkylation sites (tertiary alicyclic amines) is 1. The van der Waals surface area contributed by atoms with Crippen molar-refractivity contribution in [3.05, 3.63) is 39.9 Å². The first-order valence-electron chi connectivity index (χ1n) is 7.33. The van der Waals surface area contributed by atoms with Crippen LogP contribution in [0.2, 0.25) is 0 Å². The summed E-state index contributed by atoms with van der Waals surface area (Å²) in [5, 5.41) is 0.628. The average Bonchev–Trinajstić information content (AvgIpc) is 2.49. The van der Waals surface area contributed by atoms with Crippen LogP contribution in [0.4, 0.5) is 0 Å². The summed E-state index contributed by atoms with van der Waals surface area (Å²) in [6.07, 6.45) is 3.01. The number of carbonyl (C=O) groups is 1. The highest BCUT2D eigenvalue weighted by Gasteiger charge is 2.20. The minimum absolute atomic E-state index is 0.0948. The van der Waals surface area contributed by atoms with Crippen molar-refractivity contribution in [1.82, 2.24) is 14.9 Å². The molecule has 0 radical (unpaired) electrons. The molecule has 0 saturated carbocycles. The van der Waals surface area contributed by atoms with Crippen LogP contribution in [0, 0.1) is 12.8 Å². The molecule has 1 N–H and O–H groups in total. The van der Waals surface area contributed by atoms with E-state index in [1.807, 2.05) is 19.1 Å². The van der Waals surface area contributed by atoms with Gasteiger partial charge in [-0.3, -0.25) is 9.69 Å². The molecule has 1 aromatic carbocycles. The minimum atomic E-state index is -0.0948. The summed E-state index contributed by atoms with van der Waals surface area (Å²) in [6, 6.07) is 5.62. The first-order valence-corrected chi connectivity index (χ1v) is 7.33. The Morgan fingerprint density at radius 2 is 2.33 bits per heavy atom. The van der Waals surface area contributed by atoms with E-state index in [2.05, 4.69) is 14.9 Å². The van der Waals surface area contributed by atoms with Crippen molar-refractivity contribution in [2.45, 2.75) is 26.3 Å². The number of rotatable bonds is 3. The van der Waals surface area contributed by atoms with E-state index in [1.54, 1.807) is 6.07 Å². The lowest BCUT2D eigenvalue weighted by molar-refractivity contribution is -0.112. The van der Waals surface area contributed by atoms with Crippen LogP contribution in [-0.4, -0.2) is 34.2 Å². The average molecular weight is 285 g/mol. The second kappa shape index (κ2) is 5.77. The Morgan fingerprint density at radius 3 is 3.14 bits per heavy atom. The number of fused-ring (bicyclic) bond motifs is 1. The molecule has 110 valence electrons. The Kier molecular flexibility index (Phi) is 3.84. The van der Waals surface area contributed by atoms with E-state index < -0.39 is 0 Å². The number of hydrogen-bond acceptors (Lipinski definition) is 4.